The summed E-state index contributed by atoms with van der Waals surface area (Å²) in [6.45, 7) is 4.48. The Hall–Kier alpha value is -0.860. The highest BCUT2D eigenvalue weighted by Gasteiger charge is 2.07. The van der Waals surface area contributed by atoms with Crippen molar-refractivity contribution in [2.45, 2.75) is 32.4 Å². The van der Waals surface area contributed by atoms with E-state index < -0.39 is 0 Å². The van der Waals surface area contributed by atoms with E-state index >= 15 is 0 Å². The fraction of sp³-hybridized carbons (Fsp3) is 0.500. The predicted octanol–water partition coefficient (Wildman–Crippen LogP) is 2.11. The molecule has 0 saturated heterocycles. The maximum Gasteiger partial charge on any atom is 0.0445 e. The van der Waals surface area contributed by atoms with Gasteiger partial charge in [-0.2, -0.15) is 0 Å². The molecule has 14 heavy (non-hydrogen) atoms. The fourth-order valence-corrected chi connectivity index (χ4v) is 1.54. The fourth-order valence-electron chi connectivity index (χ4n) is 1.54. The Morgan fingerprint density at radius 2 is 1.86 bits per heavy atom. The van der Waals surface area contributed by atoms with Gasteiger partial charge in [-0.1, -0.05) is 30.3 Å². The third kappa shape index (κ3) is 3.48. The van der Waals surface area contributed by atoms with Crippen molar-refractivity contribution in [2.24, 2.45) is 0 Å². The lowest BCUT2D eigenvalue weighted by atomic mass is 10.1. The molecule has 0 bridgehead atoms. The molecule has 0 saturated carbocycles. The molecule has 0 amide bonds. The van der Waals surface area contributed by atoms with Crippen LogP contribution in [-0.4, -0.2) is 17.8 Å². The van der Waals surface area contributed by atoms with Crippen LogP contribution in [0.25, 0.3) is 0 Å². The lowest BCUT2D eigenvalue weighted by molar-refractivity contribution is 0.264. The summed E-state index contributed by atoms with van der Waals surface area (Å²) in [5.41, 5.74) is 1.29. The number of benzene rings is 1. The van der Waals surface area contributed by atoms with Crippen molar-refractivity contribution in [1.82, 2.24) is 5.32 Å². The summed E-state index contributed by atoms with van der Waals surface area (Å²) in [4.78, 5) is 0. The van der Waals surface area contributed by atoms with Gasteiger partial charge in [-0.25, -0.2) is 0 Å². The van der Waals surface area contributed by atoms with Gasteiger partial charge in [0.05, 0.1) is 0 Å². The molecule has 2 nitrogen and oxygen atoms in total. The van der Waals surface area contributed by atoms with E-state index in [0.29, 0.717) is 12.1 Å². The summed E-state index contributed by atoms with van der Waals surface area (Å²) in [6, 6.07) is 11.0. The summed E-state index contributed by atoms with van der Waals surface area (Å²) in [5, 5.41) is 12.2. The lowest BCUT2D eigenvalue weighted by Crippen LogP contribution is -2.29. The summed E-state index contributed by atoms with van der Waals surface area (Å²) in [7, 11) is 0. The first-order valence-electron chi connectivity index (χ1n) is 5.16. The Bertz CT molecular complexity index is 248. The number of hydrogen-bond donors (Lipinski definition) is 2. The lowest BCUT2D eigenvalue weighted by Gasteiger charge is -2.19. The standard InChI is InChI=1S/C12H19NO/c1-10(8-9-14)13-11(2)12-6-4-3-5-7-12/h3-7,10-11,13-14H,8-9H2,1-2H3/t10-,11-/m0/s1. The topological polar surface area (TPSA) is 32.3 Å². The average molecular weight is 193 g/mol. The van der Waals surface area contributed by atoms with E-state index in [2.05, 4.69) is 31.3 Å². The van der Waals surface area contributed by atoms with Crippen LogP contribution in [0.4, 0.5) is 0 Å². The van der Waals surface area contributed by atoms with Crippen molar-refractivity contribution >= 4 is 0 Å². The second-order valence-corrected chi connectivity index (χ2v) is 3.71. The zero-order valence-corrected chi connectivity index (χ0v) is 8.90. The van der Waals surface area contributed by atoms with Gasteiger partial charge in [0.25, 0.3) is 0 Å². The van der Waals surface area contributed by atoms with Crippen LogP contribution in [0, 0.1) is 0 Å². The van der Waals surface area contributed by atoms with Gasteiger partial charge < -0.3 is 10.4 Å². The minimum atomic E-state index is 0.246. The molecule has 0 fully saturated rings. The minimum absolute atomic E-state index is 0.246. The molecule has 0 aliphatic carbocycles. The van der Waals surface area contributed by atoms with Crippen LogP contribution in [-0.2, 0) is 0 Å². The van der Waals surface area contributed by atoms with Gasteiger partial charge in [-0.3, -0.25) is 0 Å². The third-order valence-electron chi connectivity index (χ3n) is 2.40. The molecule has 2 heteroatoms. The molecule has 1 aromatic rings. The molecule has 0 spiro atoms. The minimum Gasteiger partial charge on any atom is -0.396 e. The molecule has 1 aromatic carbocycles. The van der Waals surface area contributed by atoms with E-state index in [1.807, 2.05) is 18.2 Å². The first kappa shape index (κ1) is 11.2. The molecule has 0 radical (unpaired) electrons. The van der Waals surface area contributed by atoms with E-state index in [0.717, 1.165) is 6.42 Å². The molecule has 1 rings (SSSR count). The normalized spacial score (nSPS) is 15.1. The highest BCUT2D eigenvalue weighted by atomic mass is 16.3. The molecule has 0 aromatic heterocycles. The smallest absolute Gasteiger partial charge is 0.0445 e. The van der Waals surface area contributed by atoms with E-state index in [-0.39, 0.29) is 6.61 Å². The first-order chi connectivity index (χ1) is 6.74. The molecule has 0 heterocycles. The Labute approximate surface area is 86.0 Å². The van der Waals surface area contributed by atoms with Crippen molar-refractivity contribution in [2.75, 3.05) is 6.61 Å². The zero-order valence-electron chi connectivity index (χ0n) is 8.90. The van der Waals surface area contributed by atoms with Gasteiger partial charge in [0.15, 0.2) is 0 Å². The van der Waals surface area contributed by atoms with E-state index in [1.165, 1.54) is 5.56 Å². The molecular formula is C12H19NO. The van der Waals surface area contributed by atoms with Crippen LogP contribution in [0.2, 0.25) is 0 Å². The predicted molar refractivity (Wildman–Crippen MR) is 59.2 cm³/mol. The Kier molecular flexibility index (Phi) is 4.63. The summed E-state index contributed by atoms with van der Waals surface area (Å²) in [5.74, 6) is 0. The van der Waals surface area contributed by atoms with E-state index in [4.69, 9.17) is 5.11 Å². The van der Waals surface area contributed by atoms with E-state index in [1.54, 1.807) is 0 Å². The van der Waals surface area contributed by atoms with Gasteiger partial charge in [0, 0.05) is 18.7 Å². The van der Waals surface area contributed by atoms with Gasteiger partial charge in [-0.05, 0) is 25.8 Å². The van der Waals surface area contributed by atoms with Crippen molar-refractivity contribution in [3.8, 4) is 0 Å². The van der Waals surface area contributed by atoms with Crippen LogP contribution in [0.15, 0.2) is 30.3 Å². The second-order valence-electron chi connectivity index (χ2n) is 3.71. The summed E-state index contributed by atoms with van der Waals surface area (Å²) < 4.78 is 0. The van der Waals surface area contributed by atoms with Gasteiger partial charge in [-0.15, -0.1) is 0 Å². The SMILES string of the molecule is C[C@H](N[C@@H](C)CCO)c1ccccc1. The molecule has 0 aliphatic rings. The zero-order chi connectivity index (χ0) is 10.4. The maximum absolute atomic E-state index is 8.78. The largest absolute Gasteiger partial charge is 0.396 e. The second kappa shape index (κ2) is 5.78. The van der Waals surface area contributed by atoms with Gasteiger partial charge >= 0.3 is 0 Å². The Morgan fingerprint density at radius 1 is 1.21 bits per heavy atom. The maximum atomic E-state index is 8.78. The number of aliphatic hydroxyl groups is 1. The van der Waals surface area contributed by atoms with E-state index in [9.17, 15) is 0 Å². The molecule has 0 aliphatic heterocycles. The third-order valence-corrected chi connectivity index (χ3v) is 2.40. The van der Waals surface area contributed by atoms with Crippen LogP contribution >= 0.6 is 0 Å². The van der Waals surface area contributed by atoms with Crippen LogP contribution in [0.5, 0.6) is 0 Å². The van der Waals surface area contributed by atoms with Gasteiger partial charge in [0.2, 0.25) is 0 Å². The monoisotopic (exact) mass is 193 g/mol. The number of nitrogens with one attached hydrogen (secondary N) is 1. The van der Waals surface area contributed by atoms with Crippen molar-refractivity contribution in [3.05, 3.63) is 35.9 Å². The van der Waals surface area contributed by atoms with Crippen LogP contribution in [0.3, 0.4) is 0 Å². The van der Waals surface area contributed by atoms with Crippen molar-refractivity contribution in [3.63, 3.8) is 0 Å². The highest BCUT2D eigenvalue weighted by molar-refractivity contribution is 5.18. The molecule has 78 valence electrons. The van der Waals surface area contributed by atoms with Gasteiger partial charge in [0.1, 0.15) is 0 Å². The Balaban J connectivity index is 2.46. The van der Waals surface area contributed by atoms with Crippen LogP contribution < -0.4 is 5.32 Å². The number of hydrogen-bond acceptors (Lipinski definition) is 2. The molecule has 0 unspecified atom stereocenters. The molecule has 2 N–H and O–H groups in total. The van der Waals surface area contributed by atoms with Crippen molar-refractivity contribution in [1.29, 1.82) is 0 Å². The van der Waals surface area contributed by atoms with Crippen molar-refractivity contribution < 1.29 is 5.11 Å². The summed E-state index contributed by atoms with van der Waals surface area (Å²) >= 11 is 0. The first-order valence-corrected chi connectivity index (χ1v) is 5.16. The quantitative estimate of drug-likeness (QED) is 0.750. The number of aliphatic hydroxyl groups excluding tert-OH is 1. The Morgan fingerprint density at radius 3 is 2.43 bits per heavy atom. The molecule has 2 atom stereocenters. The summed E-state index contributed by atoms with van der Waals surface area (Å²) in [6.07, 6.45) is 0.803. The number of rotatable bonds is 5. The van der Waals surface area contributed by atoms with Crippen LogP contribution in [0.1, 0.15) is 31.9 Å². The average Bonchev–Trinajstić information content (AvgIpc) is 2.19. The highest BCUT2D eigenvalue weighted by Crippen LogP contribution is 2.12. The molecular weight excluding hydrogens is 174 g/mol.